The lowest BCUT2D eigenvalue weighted by atomic mass is 10.1. The Balaban J connectivity index is 2.23. The fraction of sp³-hybridized carbons (Fsp3) is 0.667. The summed E-state index contributed by atoms with van der Waals surface area (Å²) in [5.74, 6) is -2.15. The van der Waals surface area contributed by atoms with Crippen molar-refractivity contribution in [2.24, 2.45) is 5.92 Å². The molecule has 3 amide bonds. The molecule has 7 heteroatoms. The van der Waals surface area contributed by atoms with Gasteiger partial charge in [-0.1, -0.05) is 0 Å². The number of rotatable bonds is 6. The van der Waals surface area contributed by atoms with E-state index in [2.05, 4.69) is 16.2 Å². The van der Waals surface area contributed by atoms with Crippen molar-refractivity contribution in [2.75, 3.05) is 20.3 Å². The van der Waals surface area contributed by atoms with Crippen LogP contribution in [0.2, 0.25) is 0 Å². The van der Waals surface area contributed by atoms with Crippen molar-refractivity contribution < 1.29 is 19.1 Å². The summed E-state index contributed by atoms with van der Waals surface area (Å²) in [6, 6.07) is 0. The van der Waals surface area contributed by atoms with Crippen molar-refractivity contribution >= 4 is 17.7 Å². The second-order valence-corrected chi connectivity index (χ2v) is 3.43. The van der Waals surface area contributed by atoms with E-state index in [-0.39, 0.29) is 12.3 Å². The summed E-state index contributed by atoms with van der Waals surface area (Å²) in [7, 11) is 1.58. The van der Waals surface area contributed by atoms with E-state index in [4.69, 9.17) is 4.74 Å². The lowest BCUT2D eigenvalue weighted by Gasteiger charge is -2.06. The molecule has 0 bridgehead atoms. The molecular formula is C9H15N3O4. The van der Waals surface area contributed by atoms with Crippen molar-refractivity contribution in [1.29, 1.82) is 0 Å². The number of hydrazine groups is 1. The van der Waals surface area contributed by atoms with Crippen molar-refractivity contribution in [2.45, 2.75) is 12.8 Å². The van der Waals surface area contributed by atoms with Crippen molar-refractivity contribution in [3.63, 3.8) is 0 Å². The topological polar surface area (TPSA) is 96.5 Å². The molecule has 0 radical (unpaired) electrons. The maximum atomic E-state index is 11.3. The maximum absolute atomic E-state index is 11.3. The Hall–Kier alpha value is -1.63. The summed E-state index contributed by atoms with van der Waals surface area (Å²) in [6.07, 6.45) is 0.579. The van der Waals surface area contributed by atoms with Gasteiger partial charge in [0.1, 0.15) is 5.92 Å². The van der Waals surface area contributed by atoms with Crippen LogP contribution in [0.3, 0.4) is 0 Å². The third-order valence-electron chi connectivity index (χ3n) is 2.18. The molecule has 0 aliphatic carbocycles. The van der Waals surface area contributed by atoms with E-state index in [1.165, 1.54) is 0 Å². The van der Waals surface area contributed by atoms with E-state index in [0.717, 1.165) is 0 Å². The van der Waals surface area contributed by atoms with Crippen LogP contribution in [0.5, 0.6) is 0 Å². The minimum atomic E-state index is -0.914. The van der Waals surface area contributed by atoms with Gasteiger partial charge < -0.3 is 10.1 Å². The van der Waals surface area contributed by atoms with Gasteiger partial charge in [0.15, 0.2) is 0 Å². The van der Waals surface area contributed by atoms with Crippen LogP contribution in [-0.4, -0.2) is 38.0 Å². The molecule has 1 heterocycles. The highest BCUT2D eigenvalue weighted by molar-refractivity contribution is 6.07. The Morgan fingerprint density at radius 1 is 1.38 bits per heavy atom. The number of methoxy groups -OCH3 is 1. The van der Waals surface area contributed by atoms with Crippen LogP contribution in [0.15, 0.2) is 0 Å². The summed E-state index contributed by atoms with van der Waals surface area (Å²) >= 11 is 0. The van der Waals surface area contributed by atoms with E-state index in [9.17, 15) is 14.4 Å². The molecule has 1 saturated heterocycles. The van der Waals surface area contributed by atoms with Crippen LogP contribution in [0, 0.1) is 5.92 Å². The zero-order chi connectivity index (χ0) is 12.0. The number of carbonyl (C=O) groups is 3. The Bertz CT molecular complexity index is 276. The van der Waals surface area contributed by atoms with Crippen LogP contribution in [0.1, 0.15) is 12.8 Å². The average molecular weight is 229 g/mol. The first-order valence-electron chi connectivity index (χ1n) is 5.00. The highest BCUT2D eigenvalue weighted by Crippen LogP contribution is 2.07. The van der Waals surface area contributed by atoms with Crippen LogP contribution < -0.4 is 16.2 Å². The van der Waals surface area contributed by atoms with E-state index in [1.54, 1.807) is 7.11 Å². The molecular weight excluding hydrogens is 214 g/mol. The minimum Gasteiger partial charge on any atom is -0.385 e. The number of ether oxygens (including phenoxy) is 1. The summed E-state index contributed by atoms with van der Waals surface area (Å²) in [5, 5.41) is 2.61. The predicted molar refractivity (Wildman–Crippen MR) is 53.9 cm³/mol. The lowest BCUT2D eigenvalue weighted by Crippen LogP contribution is -2.31. The molecule has 1 rings (SSSR count). The van der Waals surface area contributed by atoms with Gasteiger partial charge in [-0.25, -0.2) is 0 Å². The van der Waals surface area contributed by atoms with Crippen molar-refractivity contribution in [3.8, 4) is 0 Å². The van der Waals surface area contributed by atoms with Gasteiger partial charge in [0, 0.05) is 26.7 Å². The Morgan fingerprint density at radius 2 is 2.00 bits per heavy atom. The quantitative estimate of drug-likeness (QED) is 0.374. The first kappa shape index (κ1) is 12.4. The van der Waals surface area contributed by atoms with Gasteiger partial charge in [0.25, 0.3) is 11.8 Å². The normalized spacial score (nSPS) is 15.8. The summed E-state index contributed by atoms with van der Waals surface area (Å²) < 4.78 is 4.81. The smallest absolute Gasteiger partial charge is 0.251 e. The largest absolute Gasteiger partial charge is 0.385 e. The van der Waals surface area contributed by atoms with Crippen LogP contribution in [-0.2, 0) is 19.1 Å². The molecule has 0 atom stereocenters. The Kier molecular flexibility index (Phi) is 4.71. The molecule has 0 aromatic heterocycles. The molecule has 3 N–H and O–H groups in total. The van der Waals surface area contributed by atoms with Crippen LogP contribution in [0.4, 0.5) is 0 Å². The second kappa shape index (κ2) is 6.06. The maximum Gasteiger partial charge on any atom is 0.251 e. The molecule has 90 valence electrons. The molecule has 1 fully saturated rings. The van der Waals surface area contributed by atoms with Gasteiger partial charge in [0.05, 0.1) is 0 Å². The number of nitrogens with one attached hydrogen (secondary N) is 3. The number of carbonyl (C=O) groups excluding carboxylic acids is 3. The molecule has 16 heavy (non-hydrogen) atoms. The third kappa shape index (κ3) is 3.50. The number of hydrogen-bond acceptors (Lipinski definition) is 4. The zero-order valence-corrected chi connectivity index (χ0v) is 9.04. The van der Waals surface area contributed by atoms with Gasteiger partial charge >= 0.3 is 0 Å². The highest BCUT2D eigenvalue weighted by Gasteiger charge is 2.34. The van der Waals surface area contributed by atoms with Gasteiger partial charge in [-0.05, 0) is 6.42 Å². The van der Waals surface area contributed by atoms with Crippen molar-refractivity contribution in [3.05, 3.63) is 0 Å². The van der Waals surface area contributed by atoms with Gasteiger partial charge in [-0.15, -0.1) is 0 Å². The summed E-state index contributed by atoms with van der Waals surface area (Å²) in [6.45, 7) is 1.04. The number of hydrogen-bond donors (Lipinski definition) is 3. The van der Waals surface area contributed by atoms with E-state index < -0.39 is 17.7 Å². The fourth-order valence-corrected chi connectivity index (χ4v) is 1.30. The molecule has 0 unspecified atom stereocenters. The van der Waals surface area contributed by atoms with Gasteiger partial charge in [0.2, 0.25) is 5.91 Å². The predicted octanol–water partition coefficient (Wildman–Crippen LogP) is -1.69. The monoisotopic (exact) mass is 229 g/mol. The highest BCUT2D eigenvalue weighted by atomic mass is 16.5. The zero-order valence-electron chi connectivity index (χ0n) is 9.04. The molecule has 1 aliphatic heterocycles. The molecule has 1 aliphatic rings. The summed E-state index contributed by atoms with van der Waals surface area (Å²) in [5.41, 5.74) is 4.33. The molecule has 0 aromatic rings. The average Bonchev–Trinajstić information content (AvgIpc) is 2.56. The second-order valence-electron chi connectivity index (χ2n) is 3.43. The van der Waals surface area contributed by atoms with Crippen LogP contribution >= 0.6 is 0 Å². The first-order chi connectivity index (χ1) is 7.65. The SMILES string of the molecule is COCCCNC(=O)CC1C(=O)NNC1=O. The van der Waals surface area contributed by atoms with E-state index in [0.29, 0.717) is 19.6 Å². The minimum absolute atomic E-state index is 0.120. The van der Waals surface area contributed by atoms with E-state index >= 15 is 0 Å². The van der Waals surface area contributed by atoms with E-state index in [1.807, 2.05) is 0 Å². The standard InChI is InChI=1S/C9H15N3O4/c1-16-4-2-3-10-7(13)5-6-8(14)11-12-9(6)15/h6H,2-5H2,1H3,(H,10,13)(H,11,14)(H,12,15). The molecule has 0 spiro atoms. The first-order valence-corrected chi connectivity index (χ1v) is 5.00. The lowest BCUT2D eigenvalue weighted by molar-refractivity contribution is -0.133. The van der Waals surface area contributed by atoms with Gasteiger partial charge in [-0.2, -0.15) is 0 Å². The molecule has 7 nitrogen and oxygen atoms in total. The molecule has 0 aromatic carbocycles. The Morgan fingerprint density at radius 3 is 2.56 bits per heavy atom. The Labute approximate surface area is 92.9 Å². The van der Waals surface area contributed by atoms with Crippen LogP contribution in [0.25, 0.3) is 0 Å². The number of amides is 3. The molecule has 0 saturated carbocycles. The van der Waals surface area contributed by atoms with Gasteiger partial charge in [-0.3, -0.25) is 25.2 Å². The summed E-state index contributed by atoms with van der Waals surface area (Å²) in [4.78, 5) is 33.5. The fourth-order valence-electron chi connectivity index (χ4n) is 1.30. The van der Waals surface area contributed by atoms with Crippen molar-refractivity contribution in [1.82, 2.24) is 16.2 Å². The third-order valence-corrected chi connectivity index (χ3v) is 2.18.